The molecular weight excluding hydrogens is 396 g/mol. The van der Waals surface area contributed by atoms with E-state index in [9.17, 15) is 9.59 Å². The molecule has 3 rings (SSSR count). The molecule has 6 nitrogen and oxygen atoms in total. The minimum atomic E-state index is -0.270. The molecule has 26 heavy (non-hydrogen) atoms. The fourth-order valence-corrected chi connectivity index (χ4v) is 2.93. The van der Waals surface area contributed by atoms with Gasteiger partial charge in [-0.2, -0.15) is 5.10 Å². The summed E-state index contributed by atoms with van der Waals surface area (Å²) in [6.45, 7) is 0.231. The first-order chi connectivity index (χ1) is 12.6. The van der Waals surface area contributed by atoms with Gasteiger partial charge in [-0.3, -0.25) is 9.59 Å². The summed E-state index contributed by atoms with van der Waals surface area (Å²) in [6, 6.07) is 15.0. The van der Waals surface area contributed by atoms with Crippen LogP contribution >= 0.6 is 15.9 Å². The van der Waals surface area contributed by atoms with Gasteiger partial charge in [0.05, 0.1) is 11.8 Å². The van der Waals surface area contributed by atoms with Crippen molar-refractivity contribution in [2.24, 2.45) is 5.10 Å². The third kappa shape index (κ3) is 4.37. The first kappa shape index (κ1) is 17.9. The number of hydrogen-bond acceptors (Lipinski definition) is 3. The second-order valence-corrected chi connectivity index (χ2v) is 6.42. The Kier molecular flexibility index (Phi) is 5.80. The van der Waals surface area contributed by atoms with Gasteiger partial charge in [-0.25, -0.2) is 5.43 Å². The predicted octanol–water partition coefficient (Wildman–Crippen LogP) is 3.20. The number of hydrogen-bond donors (Lipinski definition) is 3. The standard InChI is InChI=1S/C19H17BrN4O2/c20-16-7-3-1-6-15(16)19(26)21-10-9-18(25)24-23-12-13-11-22-17-8-4-2-5-14(13)17/h1-8,11-12,22H,9-10H2,(H,21,26)(H,24,25)/b23-12-. The van der Waals surface area contributed by atoms with Crippen molar-refractivity contribution in [2.45, 2.75) is 6.42 Å². The summed E-state index contributed by atoms with van der Waals surface area (Å²) < 4.78 is 0.713. The zero-order valence-corrected chi connectivity index (χ0v) is 15.4. The Hall–Kier alpha value is -2.93. The van der Waals surface area contributed by atoms with Crippen LogP contribution < -0.4 is 10.7 Å². The minimum Gasteiger partial charge on any atom is -0.361 e. The van der Waals surface area contributed by atoms with Crippen molar-refractivity contribution in [1.29, 1.82) is 0 Å². The lowest BCUT2D eigenvalue weighted by Gasteiger charge is -2.06. The maximum absolute atomic E-state index is 12.0. The molecule has 7 heteroatoms. The molecule has 0 aliphatic heterocycles. The van der Waals surface area contributed by atoms with Crippen molar-refractivity contribution in [3.05, 3.63) is 70.3 Å². The Bertz CT molecular complexity index is 965. The summed E-state index contributed by atoms with van der Waals surface area (Å²) in [4.78, 5) is 27.0. The Labute approximate surface area is 158 Å². The van der Waals surface area contributed by atoms with Crippen LogP contribution in [0.2, 0.25) is 0 Å². The number of aromatic nitrogens is 1. The highest BCUT2D eigenvalue weighted by Crippen LogP contribution is 2.16. The van der Waals surface area contributed by atoms with Crippen LogP contribution in [0.4, 0.5) is 0 Å². The van der Waals surface area contributed by atoms with E-state index >= 15 is 0 Å². The third-order valence-electron chi connectivity index (χ3n) is 3.77. The van der Waals surface area contributed by atoms with E-state index in [2.05, 4.69) is 36.8 Å². The summed E-state index contributed by atoms with van der Waals surface area (Å²) in [5.41, 5.74) is 4.90. The average Bonchev–Trinajstić information content (AvgIpc) is 3.05. The van der Waals surface area contributed by atoms with Crippen LogP contribution in [0.25, 0.3) is 10.9 Å². The Morgan fingerprint density at radius 1 is 1.12 bits per heavy atom. The molecule has 0 unspecified atom stereocenters. The normalized spacial score (nSPS) is 11.0. The predicted molar refractivity (Wildman–Crippen MR) is 105 cm³/mol. The van der Waals surface area contributed by atoms with Gasteiger partial charge in [-0.05, 0) is 34.1 Å². The van der Waals surface area contributed by atoms with E-state index < -0.39 is 0 Å². The first-order valence-corrected chi connectivity index (χ1v) is 8.85. The van der Waals surface area contributed by atoms with Crippen LogP contribution in [0.1, 0.15) is 22.3 Å². The molecule has 0 aliphatic carbocycles. The third-order valence-corrected chi connectivity index (χ3v) is 4.46. The van der Waals surface area contributed by atoms with Crippen molar-refractivity contribution in [1.82, 2.24) is 15.7 Å². The summed E-state index contributed by atoms with van der Waals surface area (Å²) in [7, 11) is 0. The second kappa shape index (κ2) is 8.44. The number of para-hydroxylation sites is 1. The number of H-pyrrole nitrogens is 1. The average molecular weight is 413 g/mol. The van der Waals surface area contributed by atoms with Gasteiger partial charge < -0.3 is 10.3 Å². The number of halogens is 1. The molecule has 0 saturated heterocycles. The highest BCUT2D eigenvalue weighted by Gasteiger charge is 2.09. The van der Waals surface area contributed by atoms with Crippen LogP contribution in [0.5, 0.6) is 0 Å². The summed E-state index contributed by atoms with van der Waals surface area (Å²) in [6.07, 6.45) is 3.57. The van der Waals surface area contributed by atoms with Gasteiger partial charge in [0.25, 0.3) is 5.91 Å². The van der Waals surface area contributed by atoms with E-state index in [4.69, 9.17) is 0 Å². The molecule has 2 aromatic carbocycles. The number of rotatable bonds is 6. The number of nitrogens with one attached hydrogen (secondary N) is 3. The number of aromatic amines is 1. The van der Waals surface area contributed by atoms with Crippen molar-refractivity contribution < 1.29 is 9.59 Å². The molecule has 3 aromatic rings. The molecule has 0 bridgehead atoms. The van der Waals surface area contributed by atoms with Gasteiger partial charge in [0.15, 0.2) is 0 Å². The van der Waals surface area contributed by atoms with Crippen LogP contribution in [0, 0.1) is 0 Å². The van der Waals surface area contributed by atoms with Crippen LogP contribution in [0.3, 0.4) is 0 Å². The fourth-order valence-electron chi connectivity index (χ4n) is 2.46. The van der Waals surface area contributed by atoms with Gasteiger partial charge in [0.1, 0.15) is 0 Å². The van der Waals surface area contributed by atoms with Crippen LogP contribution in [-0.2, 0) is 4.79 Å². The topological polar surface area (TPSA) is 86.3 Å². The number of amides is 2. The van der Waals surface area contributed by atoms with E-state index in [-0.39, 0.29) is 24.8 Å². The quantitative estimate of drug-likeness (QED) is 0.428. The first-order valence-electron chi connectivity index (χ1n) is 8.06. The van der Waals surface area contributed by atoms with Gasteiger partial charge in [0, 0.05) is 40.1 Å². The number of benzene rings is 2. The number of hydrazone groups is 1. The smallest absolute Gasteiger partial charge is 0.252 e. The zero-order chi connectivity index (χ0) is 18.4. The molecule has 0 saturated carbocycles. The fraction of sp³-hybridized carbons (Fsp3) is 0.105. The van der Waals surface area contributed by atoms with E-state index in [1.165, 1.54) is 0 Å². The molecule has 1 heterocycles. The van der Waals surface area contributed by atoms with Crippen molar-refractivity contribution in [3.63, 3.8) is 0 Å². The molecule has 132 valence electrons. The highest BCUT2D eigenvalue weighted by molar-refractivity contribution is 9.10. The summed E-state index contributed by atoms with van der Waals surface area (Å²) in [5, 5.41) is 7.71. The van der Waals surface area contributed by atoms with Gasteiger partial charge >= 0.3 is 0 Å². The van der Waals surface area contributed by atoms with E-state index in [1.807, 2.05) is 36.5 Å². The van der Waals surface area contributed by atoms with E-state index in [0.717, 1.165) is 16.5 Å². The lowest BCUT2D eigenvalue weighted by Crippen LogP contribution is -2.29. The van der Waals surface area contributed by atoms with E-state index in [1.54, 1.807) is 24.4 Å². The molecule has 2 amide bonds. The van der Waals surface area contributed by atoms with E-state index in [0.29, 0.717) is 10.0 Å². The van der Waals surface area contributed by atoms with Crippen LogP contribution in [0.15, 0.2) is 64.3 Å². The lowest BCUT2D eigenvalue weighted by atomic mass is 10.2. The van der Waals surface area contributed by atoms with Gasteiger partial charge in [0.2, 0.25) is 5.91 Å². The maximum atomic E-state index is 12.0. The number of fused-ring (bicyclic) bond motifs is 1. The van der Waals surface area contributed by atoms with Crippen molar-refractivity contribution in [3.8, 4) is 0 Å². The summed E-state index contributed by atoms with van der Waals surface area (Å²) in [5.74, 6) is -0.499. The molecular formula is C19H17BrN4O2. The highest BCUT2D eigenvalue weighted by atomic mass is 79.9. The number of carbonyl (C=O) groups excluding carboxylic acids is 2. The molecule has 3 N–H and O–H groups in total. The molecule has 0 aliphatic rings. The van der Waals surface area contributed by atoms with Gasteiger partial charge in [-0.15, -0.1) is 0 Å². The summed E-state index contributed by atoms with van der Waals surface area (Å²) >= 11 is 3.33. The largest absolute Gasteiger partial charge is 0.361 e. The number of carbonyl (C=O) groups is 2. The molecule has 0 radical (unpaired) electrons. The Morgan fingerprint density at radius 2 is 1.88 bits per heavy atom. The molecule has 1 aromatic heterocycles. The van der Waals surface area contributed by atoms with Gasteiger partial charge in [-0.1, -0.05) is 30.3 Å². The molecule has 0 atom stereocenters. The maximum Gasteiger partial charge on any atom is 0.252 e. The minimum absolute atomic E-state index is 0.140. The SMILES string of the molecule is O=C(CCNC(=O)c1ccccc1Br)N/N=C\c1c[nH]c2ccccc12. The molecule has 0 spiro atoms. The second-order valence-electron chi connectivity index (χ2n) is 5.57. The Morgan fingerprint density at radius 3 is 2.73 bits per heavy atom. The Balaban J connectivity index is 1.46. The monoisotopic (exact) mass is 412 g/mol. The lowest BCUT2D eigenvalue weighted by molar-refractivity contribution is -0.120. The zero-order valence-electron chi connectivity index (χ0n) is 13.8. The van der Waals surface area contributed by atoms with Crippen molar-refractivity contribution in [2.75, 3.05) is 6.54 Å². The number of nitrogens with zero attached hydrogens (tertiary/aromatic N) is 1. The van der Waals surface area contributed by atoms with Crippen molar-refractivity contribution >= 4 is 44.9 Å². The molecule has 0 fully saturated rings. The van der Waals surface area contributed by atoms with Crippen LogP contribution in [-0.4, -0.2) is 29.6 Å².